The van der Waals surface area contributed by atoms with Crippen molar-refractivity contribution in [2.45, 2.75) is 0 Å². The molecule has 3 aromatic rings. The van der Waals surface area contributed by atoms with Crippen molar-refractivity contribution < 1.29 is 0 Å². The first-order valence-electron chi connectivity index (χ1n) is 4.90. The molecule has 0 aliphatic carbocycles. The molecule has 3 rings (SSSR count). The Labute approximate surface area is 115 Å². The summed E-state index contributed by atoms with van der Waals surface area (Å²) in [5, 5.41) is 6.98. The monoisotopic (exact) mass is 354 g/mol. The lowest BCUT2D eigenvalue weighted by atomic mass is 10.2. The molecule has 2 aromatic heterocycles. The van der Waals surface area contributed by atoms with E-state index in [0.29, 0.717) is 0 Å². The highest BCUT2D eigenvalue weighted by Gasteiger charge is 2.05. The molecular formula is C11H7IN4S. The number of benzene rings is 1. The van der Waals surface area contributed by atoms with Crippen LogP contribution in [0, 0.1) is 3.57 Å². The third kappa shape index (κ3) is 2.22. The van der Waals surface area contributed by atoms with E-state index in [-0.39, 0.29) is 0 Å². The Hall–Kier alpha value is -1.28. The molecule has 2 heterocycles. The summed E-state index contributed by atoms with van der Waals surface area (Å²) in [7, 11) is 0. The largest absolute Gasteiger partial charge is 0.316 e. The lowest BCUT2D eigenvalue weighted by Gasteiger charge is -2.05. The maximum atomic E-state index is 4.26. The highest BCUT2D eigenvalue weighted by molar-refractivity contribution is 14.1. The van der Waals surface area contributed by atoms with Crippen molar-refractivity contribution in [1.82, 2.24) is 15.0 Å². The van der Waals surface area contributed by atoms with Crippen LogP contribution in [0.3, 0.4) is 0 Å². The Morgan fingerprint density at radius 2 is 2.12 bits per heavy atom. The number of halogens is 1. The Morgan fingerprint density at radius 1 is 1.18 bits per heavy atom. The summed E-state index contributed by atoms with van der Waals surface area (Å²) < 4.78 is 1.16. The zero-order valence-corrected chi connectivity index (χ0v) is 11.6. The molecule has 0 spiro atoms. The van der Waals surface area contributed by atoms with Crippen LogP contribution >= 0.6 is 33.9 Å². The minimum atomic E-state index is 0.795. The zero-order chi connectivity index (χ0) is 11.7. The van der Waals surface area contributed by atoms with Crippen molar-refractivity contribution in [3.05, 3.63) is 39.7 Å². The number of thiazole rings is 1. The molecule has 4 nitrogen and oxygen atoms in total. The van der Waals surface area contributed by atoms with Crippen molar-refractivity contribution >= 4 is 55.8 Å². The van der Waals surface area contributed by atoms with E-state index in [9.17, 15) is 0 Å². The van der Waals surface area contributed by atoms with Crippen LogP contribution in [0.2, 0.25) is 0 Å². The van der Waals surface area contributed by atoms with Crippen LogP contribution in [0.15, 0.2) is 36.1 Å². The number of hydrogen-bond acceptors (Lipinski definition) is 5. The molecular weight excluding hydrogens is 347 g/mol. The summed E-state index contributed by atoms with van der Waals surface area (Å²) in [5.41, 5.74) is 0.930. The van der Waals surface area contributed by atoms with Crippen molar-refractivity contribution in [3.8, 4) is 0 Å². The average Bonchev–Trinajstić information content (AvgIpc) is 2.83. The fraction of sp³-hybridized carbons (Fsp3) is 0. The SMILES string of the molecule is Ic1ccc2ncnc(Nc3nccs3)c2c1. The summed E-state index contributed by atoms with van der Waals surface area (Å²) in [6, 6.07) is 6.08. The molecule has 0 aliphatic heterocycles. The van der Waals surface area contributed by atoms with Gasteiger partial charge in [-0.2, -0.15) is 0 Å². The molecule has 0 unspecified atom stereocenters. The predicted octanol–water partition coefficient (Wildman–Crippen LogP) is 3.43. The maximum Gasteiger partial charge on any atom is 0.188 e. The first-order valence-corrected chi connectivity index (χ1v) is 6.85. The Balaban J connectivity index is 2.12. The van der Waals surface area contributed by atoms with Crippen molar-refractivity contribution in [2.75, 3.05) is 5.32 Å². The van der Waals surface area contributed by atoms with Gasteiger partial charge in [0, 0.05) is 20.5 Å². The molecule has 0 aliphatic rings. The molecule has 0 saturated heterocycles. The van der Waals surface area contributed by atoms with Gasteiger partial charge in [0.1, 0.15) is 12.1 Å². The van der Waals surface area contributed by atoms with E-state index in [1.54, 1.807) is 23.9 Å². The van der Waals surface area contributed by atoms with Crippen LogP contribution in [-0.2, 0) is 0 Å². The first kappa shape index (κ1) is 10.8. The van der Waals surface area contributed by atoms with E-state index < -0.39 is 0 Å². The summed E-state index contributed by atoms with van der Waals surface area (Å²) in [4.78, 5) is 12.7. The number of rotatable bonds is 2. The molecule has 0 bridgehead atoms. The van der Waals surface area contributed by atoms with E-state index in [4.69, 9.17) is 0 Å². The molecule has 0 saturated carbocycles. The van der Waals surface area contributed by atoms with Crippen LogP contribution < -0.4 is 5.32 Å². The zero-order valence-electron chi connectivity index (χ0n) is 8.59. The molecule has 6 heteroatoms. The second kappa shape index (κ2) is 4.53. The molecule has 0 radical (unpaired) electrons. The number of aromatic nitrogens is 3. The van der Waals surface area contributed by atoms with Gasteiger partial charge in [-0.3, -0.25) is 0 Å². The Bertz CT molecular complexity index is 654. The second-order valence-corrected chi connectivity index (χ2v) is 5.49. The minimum absolute atomic E-state index is 0.795. The van der Waals surface area contributed by atoms with Gasteiger partial charge in [0.25, 0.3) is 0 Å². The number of anilines is 2. The molecule has 0 fully saturated rings. The Kier molecular flexibility index (Phi) is 2.89. The normalized spacial score (nSPS) is 10.6. The van der Waals surface area contributed by atoms with E-state index in [1.807, 2.05) is 17.5 Å². The fourth-order valence-corrected chi connectivity index (χ4v) is 2.53. The van der Waals surface area contributed by atoms with Gasteiger partial charge in [-0.1, -0.05) is 0 Å². The maximum absolute atomic E-state index is 4.26. The number of fused-ring (bicyclic) bond motifs is 1. The fourth-order valence-electron chi connectivity index (χ4n) is 1.51. The quantitative estimate of drug-likeness (QED) is 0.717. The third-order valence-electron chi connectivity index (χ3n) is 2.26. The molecule has 84 valence electrons. The number of hydrogen-bond donors (Lipinski definition) is 1. The molecule has 1 N–H and O–H groups in total. The van der Waals surface area contributed by atoms with Gasteiger partial charge in [-0.25, -0.2) is 15.0 Å². The molecule has 0 atom stereocenters. The molecule has 17 heavy (non-hydrogen) atoms. The standard InChI is InChI=1S/C11H7IN4S/c12-7-1-2-9-8(5-7)10(15-6-14-9)16-11-13-3-4-17-11/h1-6H,(H,13,14,15,16). The number of nitrogens with one attached hydrogen (secondary N) is 1. The van der Waals surface area contributed by atoms with Crippen LogP contribution in [-0.4, -0.2) is 15.0 Å². The van der Waals surface area contributed by atoms with Crippen LogP contribution in [0.25, 0.3) is 10.9 Å². The van der Waals surface area contributed by atoms with E-state index in [2.05, 4.69) is 48.9 Å². The van der Waals surface area contributed by atoms with Gasteiger partial charge in [-0.05, 0) is 40.8 Å². The summed E-state index contributed by atoms with van der Waals surface area (Å²) >= 11 is 3.82. The summed E-state index contributed by atoms with van der Waals surface area (Å²) in [6.07, 6.45) is 3.32. The summed E-state index contributed by atoms with van der Waals surface area (Å²) in [5.74, 6) is 0.795. The van der Waals surface area contributed by atoms with E-state index in [0.717, 1.165) is 25.4 Å². The van der Waals surface area contributed by atoms with E-state index >= 15 is 0 Å². The highest BCUT2D eigenvalue weighted by Crippen LogP contribution is 2.25. The first-order chi connectivity index (χ1) is 8.33. The lowest BCUT2D eigenvalue weighted by Crippen LogP contribution is -1.95. The molecule has 0 amide bonds. The smallest absolute Gasteiger partial charge is 0.188 e. The topological polar surface area (TPSA) is 50.7 Å². The highest BCUT2D eigenvalue weighted by atomic mass is 127. The van der Waals surface area contributed by atoms with Crippen molar-refractivity contribution in [1.29, 1.82) is 0 Å². The van der Waals surface area contributed by atoms with E-state index in [1.165, 1.54) is 0 Å². The van der Waals surface area contributed by atoms with Crippen molar-refractivity contribution in [3.63, 3.8) is 0 Å². The summed E-state index contributed by atoms with van der Waals surface area (Å²) in [6.45, 7) is 0. The minimum Gasteiger partial charge on any atom is -0.316 e. The predicted molar refractivity (Wildman–Crippen MR) is 77.7 cm³/mol. The van der Waals surface area contributed by atoms with Gasteiger partial charge in [0.15, 0.2) is 5.13 Å². The van der Waals surface area contributed by atoms with Gasteiger partial charge in [0.2, 0.25) is 0 Å². The average molecular weight is 354 g/mol. The second-order valence-electron chi connectivity index (χ2n) is 3.35. The molecule has 1 aromatic carbocycles. The van der Waals surface area contributed by atoms with Crippen LogP contribution in [0.5, 0.6) is 0 Å². The Morgan fingerprint density at radius 3 is 2.94 bits per heavy atom. The number of nitrogens with zero attached hydrogens (tertiary/aromatic N) is 3. The van der Waals surface area contributed by atoms with Gasteiger partial charge >= 0.3 is 0 Å². The van der Waals surface area contributed by atoms with Gasteiger partial charge < -0.3 is 5.32 Å². The van der Waals surface area contributed by atoms with Crippen LogP contribution in [0.4, 0.5) is 10.9 Å². The van der Waals surface area contributed by atoms with Gasteiger partial charge in [-0.15, -0.1) is 11.3 Å². The van der Waals surface area contributed by atoms with Crippen LogP contribution in [0.1, 0.15) is 0 Å². The van der Waals surface area contributed by atoms with Gasteiger partial charge in [0.05, 0.1) is 5.52 Å². The third-order valence-corrected chi connectivity index (χ3v) is 3.61. The lowest BCUT2D eigenvalue weighted by molar-refractivity contribution is 1.21. The van der Waals surface area contributed by atoms with Crippen molar-refractivity contribution in [2.24, 2.45) is 0 Å².